The molecule has 0 fully saturated rings. The lowest BCUT2D eigenvalue weighted by Crippen LogP contribution is -2.23. The third kappa shape index (κ3) is 4.05. The summed E-state index contributed by atoms with van der Waals surface area (Å²) in [5.74, 6) is 5.14. The second-order valence-corrected chi connectivity index (χ2v) is 5.19. The van der Waals surface area contributed by atoms with Crippen LogP contribution in [0.25, 0.3) is 0 Å². The molecule has 2 aromatic rings. The minimum absolute atomic E-state index is 0.142. The molecule has 0 bridgehead atoms. The Labute approximate surface area is 125 Å². The van der Waals surface area contributed by atoms with Gasteiger partial charge in [-0.25, -0.2) is 0 Å². The molecule has 1 aromatic heterocycles. The molecule has 1 heterocycles. The van der Waals surface area contributed by atoms with Gasteiger partial charge in [-0.05, 0) is 24.6 Å². The second-order valence-electron chi connectivity index (χ2n) is 4.35. The Morgan fingerprint density at radius 2 is 2.29 bits per heavy atom. The van der Waals surface area contributed by atoms with Gasteiger partial charge in [0, 0.05) is 22.2 Å². The van der Waals surface area contributed by atoms with Crippen molar-refractivity contribution in [2.45, 2.75) is 13.5 Å². The number of aromatic nitrogens is 1. The van der Waals surface area contributed by atoms with Crippen LogP contribution in [0.5, 0.6) is 0 Å². The van der Waals surface area contributed by atoms with Crippen molar-refractivity contribution in [3.05, 3.63) is 55.6 Å². The fraction of sp³-hybridized carbons (Fsp3) is 0.200. The molecule has 108 valence electrons. The van der Waals surface area contributed by atoms with Crippen molar-refractivity contribution >= 4 is 17.2 Å². The number of amides is 1. The highest BCUT2D eigenvalue weighted by Crippen LogP contribution is 2.10. The molecule has 3 N–H and O–H groups in total. The molecule has 0 radical (unpaired) electrons. The number of nitrogens with one attached hydrogen (secondary N) is 2. The molecule has 1 amide bonds. The van der Waals surface area contributed by atoms with Crippen molar-refractivity contribution in [3.63, 3.8) is 0 Å². The summed E-state index contributed by atoms with van der Waals surface area (Å²) in [7, 11) is 0. The number of carbonyl (C=O) groups is 1. The number of hydrogen-bond acceptors (Lipinski definition) is 4. The highest BCUT2D eigenvalue weighted by molar-refractivity contribution is 7.07. The monoisotopic (exact) mass is 302 g/mol. The highest BCUT2D eigenvalue weighted by Gasteiger charge is 2.07. The van der Waals surface area contributed by atoms with Crippen molar-refractivity contribution in [3.8, 4) is 11.8 Å². The summed E-state index contributed by atoms with van der Waals surface area (Å²) in [6, 6.07) is 5.21. The summed E-state index contributed by atoms with van der Waals surface area (Å²) in [5.41, 5.74) is 2.81. The predicted molar refractivity (Wildman–Crippen MR) is 81.3 cm³/mol. The number of aliphatic hydroxyl groups is 1. The molecule has 0 aliphatic rings. The standard InChI is InChI=1S/C15H14N2O3S/c1-10-4-5-12(7-11(10)3-2-6-18)14(19)16-8-13-9-21-15(20)17-13/h4-5,7,9,18H,6,8H2,1H3,(H,16,19)(H,17,20). The van der Waals surface area contributed by atoms with Crippen LogP contribution in [0.4, 0.5) is 0 Å². The molecule has 2 rings (SSSR count). The number of aliphatic hydroxyl groups excluding tert-OH is 1. The van der Waals surface area contributed by atoms with E-state index < -0.39 is 0 Å². The molecule has 0 spiro atoms. The largest absolute Gasteiger partial charge is 0.384 e. The molecule has 0 saturated carbocycles. The molecule has 5 nitrogen and oxygen atoms in total. The van der Waals surface area contributed by atoms with Crippen molar-refractivity contribution in [1.29, 1.82) is 0 Å². The Balaban J connectivity index is 2.10. The van der Waals surface area contributed by atoms with Gasteiger partial charge in [-0.15, -0.1) is 0 Å². The van der Waals surface area contributed by atoms with Gasteiger partial charge in [0.05, 0.1) is 6.54 Å². The normalized spacial score (nSPS) is 9.81. The lowest BCUT2D eigenvalue weighted by Gasteiger charge is -2.06. The number of H-pyrrole nitrogens is 1. The van der Waals surface area contributed by atoms with Crippen LogP contribution < -0.4 is 10.2 Å². The maximum atomic E-state index is 12.1. The average Bonchev–Trinajstić information content (AvgIpc) is 2.89. The fourth-order valence-corrected chi connectivity index (χ4v) is 2.29. The van der Waals surface area contributed by atoms with Gasteiger partial charge in [0.15, 0.2) is 0 Å². The van der Waals surface area contributed by atoms with Crippen molar-refractivity contribution in [2.24, 2.45) is 0 Å². The number of carbonyl (C=O) groups excluding carboxylic acids is 1. The van der Waals surface area contributed by atoms with E-state index in [1.165, 1.54) is 0 Å². The van der Waals surface area contributed by atoms with Gasteiger partial charge in [-0.2, -0.15) is 0 Å². The zero-order valence-electron chi connectivity index (χ0n) is 11.4. The second kappa shape index (κ2) is 6.88. The van der Waals surface area contributed by atoms with Crippen LogP contribution in [0.1, 0.15) is 27.2 Å². The lowest BCUT2D eigenvalue weighted by atomic mass is 10.0. The maximum absolute atomic E-state index is 12.1. The minimum atomic E-state index is -0.242. The summed E-state index contributed by atoms with van der Waals surface area (Å²) >= 11 is 1.06. The molecule has 1 aromatic carbocycles. The van der Waals surface area contributed by atoms with Gasteiger partial charge in [0.2, 0.25) is 0 Å². The molecule has 0 atom stereocenters. The van der Waals surface area contributed by atoms with E-state index in [2.05, 4.69) is 22.1 Å². The first kappa shape index (κ1) is 15.0. The van der Waals surface area contributed by atoms with Crippen LogP contribution >= 0.6 is 11.3 Å². The Hall–Kier alpha value is -2.36. The van der Waals surface area contributed by atoms with Crippen LogP contribution in [0, 0.1) is 18.8 Å². The van der Waals surface area contributed by atoms with Crippen molar-refractivity contribution in [1.82, 2.24) is 10.3 Å². The predicted octanol–water partition coefficient (Wildman–Crippen LogP) is 1.02. The maximum Gasteiger partial charge on any atom is 0.304 e. The minimum Gasteiger partial charge on any atom is -0.384 e. The van der Waals surface area contributed by atoms with E-state index in [9.17, 15) is 9.59 Å². The van der Waals surface area contributed by atoms with E-state index in [-0.39, 0.29) is 23.9 Å². The van der Waals surface area contributed by atoms with Crippen LogP contribution in [-0.2, 0) is 6.54 Å². The number of thiazole rings is 1. The number of hydrogen-bond donors (Lipinski definition) is 3. The van der Waals surface area contributed by atoms with Crippen molar-refractivity contribution in [2.75, 3.05) is 6.61 Å². The Morgan fingerprint density at radius 1 is 1.48 bits per heavy atom. The Morgan fingerprint density at radius 3 is 2.95 bits per heavy atom. The molecule has 0 unspecified atom stereocenters. The number of rotatable bonds is 3. The summed E-state index contributed by atoms with van der Waals surface area (Å²) in [4.78, 5) is 25.6. The third-order valence-electron chi connectivity index (χ3n) is 2.81. The van der Waals surface area contributed by atoms with E-state index in [4.69, 9.17) is 5.11 Å². The van der Waals surface area contributed by atoms with Crippen LogP contribution in [0.2, 0.25) is 0 Å². The van der Waals surface area contributed by atoms with E-state index in [0.29, 0.717) is 16.8 Å². The molecule has 0 aliphatic heterocycles. The Bertz CT molecular complexity index is 765. The van der Waals surface area contributed by atoms with Gasteiger partial charge in [-0.1, -0.05) is 29.2 Å². The quantitative estimate of drug-likeness (QED) is 0.740. The van der Waals surface area contributed by atoms with Gasteiger partial charge in [-0.3, -0.25) is 9.59 Å². The van der Waals surface area contributed by atoms with E-state index >= 15 is 0 Å². The summed E-state index contributed by atoms with van der Waals surface area (Å²) < 4.78 is 0. The smallest absolute Gasteiger partial charge is 0.304 e. The van der Waals surface area contributed by atoms with Gasteiger partial charge >= 0.3 is 4.87 Å². The zero-order valence-corrected chi connectivity index (χ0v) is 12.2. The molecule has 21 heavy (non-hydrogen) atoms. The van der Waals surface area contributed by atoms with Crippen LogP contribution in [0.15, 0.2) is 28.4 Å². The molecular weight excluding hydrogens is 288 g/mol. The molecule has 0 aliphatic carbocycles. The molecule has 0 saturated heterocycles. The van der Waals surface area contributed by atoms with Crippen LogP contribution in [0.3, 0.4) is 0 Å². The van der Waals surface area contributed by atoms with E-state index in [1.54, 1.807) is 17.5 Å². The highest BCUT2D eigenvalue weighted by atomic mass is 32.1. The third-order valence-corrected chi connectivity index (χ3v) is 3.53. The number of aromatic amines is 1. The number of aryl methyl sites for hydroxylation is 1. The number of benzene rings is 1. The van der Waals surface area contributed by atoms with Crippen molar-refractivity contribution < 1.29 is 9.90 Å². The summed E-state index contributed by atoms with van der Waals surface area (Å²) in [6.45, 7) is 1.93. The topological polar surface area (TPSA) is 82.2 Å². The average molecular weight is 302 g/mol. The van der Waals surface area contributed by atoms with Gasteiger partial charge in [0.1, 0.15) is 6.61 Å². The first-order valence-corrected chi connectivity index (χ1v) is 7.13. The summed E-state index contributed by atoms with van der Waals surface area (Å²) in [6.07, 6.45) is 0. The van der Waals surface area contributed by atoms with E-state index in [1.807, 2.05) is 13.0 Å². The van der Waals surface area contributed by atoms with E-state index in [0.717, 1.165) is 16.9 Å². The first-order chi connectivity index (χ1) is 10.1. The SMILES string of the molecule is Cc1ccc(C(=O)NCc2csc(=O)[nH]2)cc1C#CCO. The summed E-state index contributed by atoms with van der Waals surface area (Å²) in [5, 5.41) is 13.1. The fourth-order valence-electron chi connectivity index (χ4n) is 1.71. The van der Waals surface area contributed by atoms with Crippen LogP contribution in [-0.4, -0.2) is 22.6 Å². The lowest BCUT2D eigenvalue weighted by molar-refractivity contribution is 0.0950. The molecule has 6 heteroatoms. The zero-order chi connectivity index (χ0) is 15.2. The molecular formula is C15H14N2O3S. The van der Waals surface area contributed by atoms with Gasteiger partial charge < -0.3 is 15.4 Å². The Kier molecular flexibility index (Phi) is 4.93. The first-order valence-electron chi connectivity index (χ1n) is 6.25. The van der Waals surface area contributed by atoms with Gasteiger partial charge in [0.25, 0.3) is 5.91 Å².